The predicted octanol–water partition coefficient (Wildman–Crippen LogP) is 5.15. The molecule has 0 fully saturated rings. The number of rotatable bonds is 3. The van der Waals surface area contributed by atoms with Crippen LogP contribution in [-0.4, -0.2) is 20.0 Å². The molecule has 2 aromatic heterocycles. The largest absolute Gasteiger partial charge is 0.241 e. The van der Waals surface area contributed by atoms with Crippen molar-refractivity contribution in [3.8, 4) is 5.69 Å². The molecule has 2 rings (SSSR count). The zero-order chi connectivity index (χ0) is 17.2. The Balaban J connectivity index is 2.77. The van der Waals surface area contributed by atoms with E-state index in [-0.39, 0.29) is 32.8 Å². The highest BCUT2D eigenvalue weighted by Gasteiger charge is 2.22. The maximum absolute atomic E-state index is 8.59. The molecule has 12 heteroatoms. The van der Waals surface area contributed by atoms with Crippen LogP contribution in [0.3, 0.4) is 0 Å². The van der Waals surface area contributed by atoms with Gasteiger partial charge in [0.1, 0.15) is 17.3 Å². The molecular weight excluding hydrogens is 343 g/mol. The van der Waals surface area contributed by atoms with E-state index in [0.717, 1.165) is 0 Å². The van der Waals surface area contributed by atoms with Gasteiger partial charge >= 0.3 is 0 Å². The fourth-order valence-electron chi connectivity index (χ4n) is 1.64. The van der Waals surface area contributed by atoms with Crippen molar-refractivity contribution in [1.82, 2.24) is 20.0 Å². The third-order valence-electron chi connectivity index (χ3n) is 2.79. The van der Waals surface area contributed by atoms with E-state index in [1.165, 1.54) is 4.68 Å². The van der Waals surface area contributed by atoms with Gasteiger partial charge in [0.25, 0.3) is 0 Å². The summed E-state index contributed by atoms with van der Waals surface area (Å²) in [5.41, 5.74) is 17.8. The zero-order valence-electron chi connectivity index (χ0n) is 12.3. The molecule has 0 N–H and O–H groups in total. The van der Waals surface area contributed by atoms with Crippen molar-refractivity contribution in [3.63, 3.8) is 0 Å². The van der Waals surface area contributed by atoms with E-state index in [2.05, 4.69) is 35.3 Å². The molecule has 0 saturated carbocycles. The highest BCUT2D eigenvalue weighted by Crippen LogP contribution is 2.40. The van der Waals surface area contributed by atoms with Gasteiger partial charge in [0.15, 0.2) is 0 Å². The van der Waals surface area contributed by atoms with Gasteiger partial charge in [-0.05, 0) is 21.3 Å². The standard InChI is InChI=1S/C11H10Cl2N10/c1-11(2,3)5-4-23(22-17-5)8-6(12)9(18-20-14)16-10(7(8)13)19-21-15/h4H,1-3H3. The monoisotopic (exact) mass is 352 g/mol. The fraction of sp³-hybridized carbons (Fsp3) is 0.364. The lowest BCUT2D eigenvalue weighted by Crippen LogP contribution is -2.11. The van der Waals surface area contributed by atoms with Crippen LogP contribution in [0.15, 0.2) is 16.4 Å². The first kappa shape index (κ1) is 16.9. The maximum Gasteiger partial charge on any atom is 0.148 e. The van der Waals surface area contributed by atoms with Crippen LogP contribution < -0.4 is 0 Å². The molecule has 0 spiro atoms. The predicted molar refractivity (Wildman–Crippen MR) is 85.5 cm³/mol. The van der Waals surface area contributed by atoms with Crippen molar-refractivity contribution in [1.29, 1.82) is 0 Å². The molecule has 118 valence electrons. The minimum atomic E-state index is -0.245. The fourth-order valence-corrected chi connectivity index (χ4v) is 2.21. The van der Waals surface area contributed by atoms with Crippen LogP contribution in [-0.2, 0) is 5.41 Å². The summed E-state index contributed by atoms with van der Waals surface area (Å²) in [6.45, 7) is 5.90. The Kier molecular flexibility index (Phi) is 4.63. The van der Waals surface area contributed by atoms with Gasteiger partial charge in [0.2, 0.25) is 0 Å². The molecule has 0 aliphatic rings. The number of nitrogens with zero attached hydrogens (tertiary/aromatic N) is 10. The van der Waals surface area contributed by atoms with E-state index < -0.39 is 0 Å². The summed E-state index contributed by atoms with van der Waals surface area (Å²) in [7, 11) is 0. The van der Waals surface area contributed by atoms with Gasteiger partial charge in [-0.2, -0.15) is 0 Å². The first-order valence-electron chi connectivity index (χ1n) is 6.22. The average Bonchev–Trinajstić information content (AvgIpc) is 2.94. The lowest BCUT2D eigenvalue weighted by Gasteiger charge is -2.13. The molecule has 0 aromatic carbocycles. The molecule has 10 nitrogen and oxygen atoms in total. The summed E-state index contributed by atoms with van der Waals surface area (Å²) in [5.74, 6) is -0.354. The highest BCUT2D eigenvalue weighted by molar-refractivity contribution is 6.40. The van der Waals surface area contributed by atoms with E-state index in [9.17, 15) is 0 Å². The van der Waals surface area contributed by atoms with E-state index in [1.54, 1.807) is 6.20 Å². The smallest absolute Gasteiger partial charge is 0.148 e. The first-order valence-corrected chi connectivity index (χ1v) is 6.97. The molecule has 2 aromatic rings. The van der Waals surface area contributed by atoms with Crippen LogP contribution in [0.4, 0.5) is 11.6 Å². The van der Waals surface area contributed by atoms with Gasteiger partial charge in [0.05, 0.1) is 21.9 Å². The number of halogens is 2. The number of aromatic nitrogens is 4. The van der Waals surface area contributed by atoms with Crippen molar-refractivity contribution >= 4 is 34.8 Å². The first-order chi connectivity index (χ1) is 10.8. The van der Waals surface area contributed by atoms with Gasteiger partial charge in [-0.15, -0.1) is 5.10 Å². The second kappa shape index (κ2) is 6.31. The molecule has 0 aliphatic heterocycles. The van der Waals surface area contributed by atoms with Gasteiger partial charge in [0, 0.05) is 15.2 Å². The molecule has 0 bridgehead atoms. The average molecular weight is 353 g/mol. The Morgan fingerprint density at radius 3 is 2.00 bits per heavy atom. The van der Waals surface area contributed by atoms with E-state index in [1.807, 2.05) is 20.8 Å². The molecule has 23 heavy (non-hydrogen) atoms. The van der Waals surface area contributed by atoms with Gasteiger partial charge in [-0.1, -0.05) is 49.2 Å². The van der Waals surface area contributed by atoms with Crippen molar-refractivity contribution in [2.45, 2.75) is 26.2 Å². The van der Waals surface area contributed by atoms with Gasteiger partial charge < -0.3 is 0 Å². The van der Waals surface area contributed by atoms with Crippen LogP contribution in [0.1, 0.15) is 26.5 Å². The third-order valence-corrected chi connectivity index (χ3v) is 3.49. The number of azide groups is 2. The van der Waals surface area contributed by atoms with Crippen molar-refractivity contribution in [3.05, 3.63) is 42.8 Å². The molecule has 0 unspecified atom stereocenters. The molecule has 0 atom stereocenters. The third kappa shape index (κ3) is 3.30. The molecular formula is C11H10Cl2N10. The lowest BCUT2D eigenvalue weighted by atomic mass is 9.93. The maximum atomic E-state index is 8.59. The van der Waals surface area contributed by atoms with Crippen molar-refractivity contribution in [2.24, 2.45) is 10.2 Å². The molecule has 2 heterocycles. The molecule has 0 saturated heterocycles. The normalized spacial score (nSPS) is 10.8. The Labute approximate surface area is 140 Å². The summed E-state index contributed by atoms with van der Waals surface area (Å²) in [5, 5.41) is 14.7. The molecule has 0 radical (unpaired) electrons. The quantitative estimate of drug-likeness (QED) is 0.428. The van der Waals surface area contributed by atoms with Gasteiger partial charge in [-0.3, -0.25) is 0 Å². The Bertz CT molecular complexity index is 810. The van der Waals surface area contributed by atoms with E-state index in [4.69, 9.17) is 34.3 Å². The Morgan fingerprint density at radius 1 is 1.09 bits per heavy atom. The number of hydrogen-bond acceptors (Lipinski definition) is 5. The number of hydrogen-bond donors (Lipinski definition) is 0. The minimum Gasteiger partial charge on any atom is -0.241 e. The summed E-state index contributed by atoms with van der Waals surface area (Å²) >= 11 is 12.4. The second-order valence-electron chi connectivity index (χ2n) is 5.41. The lowest BCUT2D eigenvalue weighted by molar-refractivity contribution is 0.566. The van der Waals surface area contributed by atoms with Crippen LogP contribution in [0.2, 0.25) is 10.0 Å². The molecule has 0 amide bonds. The van der Waals surface area contributed by atoms with E-state index in [0.29, 0.717) is 5.69 Å². The Hall–Kier alpha value is -2.51. The Morgan fingerprint density at radius 2 is 1.61 bits per heavy atom. The topological polar surface area (TPSA) is 141 Å². The van der Waals surface area contributed by atoms with Crippen LogP contribution >= 0.6 is 23.2 Å². The summed E-state index contributed by atoms with van der Waals surface area (Å²) in [6, 6.07) is 0. The second-order valence-corrected chi connectivity index (χ2v) is 6.17. The van der Waals surface area contributed by atoms with Crippen LogP contribution in [0.25, 0.3) is 26.6 Å². The van der Waals surface area contributed by atoms with Crippen LogP contribution in [0, 0.1) is 0 Å². The molecule has 0 aliphatic carbocycles. The minimum absolute atomic E-state index is 0.0324. The van der Waals surface area contributed by atoms with E-state index >= 15 is 0 Å². The van der Waals surface area contributed by atoms with Crippen LogP contribution in [0.5, 0.6) is 0 Å². The zero-order valence-corrected chi connectivity index (χ0v) is 13.8. The number of pyridine rings is 1. The summed E-state index contributed by atoms with van der Waals surface area (Å²) < 4.78 is 1.32. The summed E-state index contributed by atoms with van der Waals surface area (Å²) in [4.78, 5) is 9.09. The van der Waals surface area contributed by atoms with Crippen molar-refractivity contribution < 1.29 is 0 Å². The highest BCUT2D eigenvalue weighted by atomic mass is 35.5. The van der Waals surface area contributed by atoms with Gasteiger partial charge in [-0.25, -0.2) is 9.67 Å². The van der Waals surface area contributed by atoms with Crippen molar-refractivity contribution in [2.75, 3.05) is 0 Å². The SMILES string of the molecule is CC(C)(C)c1cn(-c2c(Cl)c(N=[N+]=[N-])nc(N=[N+]=[N-])c2Cl)nn1. The summed E-state index contributed by atoms with van der Waals surface area (Å²) in [6.07, 6.45) is 1.63.